The lowest BCUT2D eigenvalue weighted by Gasteiger charge is -2.17. The molecule has 1 saturated carbocycles. The third-order valence-electron chi connectivity index (χ3n) is 2.09. The van der Waals surface area contributed by atoms with Crippen molar-refractivity contribution < 1.29 is 0 Å². The molecule has 2 nitrogen and oxygen atoms in total. The van der Waals surface area contributed by atoms with Gasteiger partial charge in [0, 0.05) is 12.6 Å². The van der Waals surface area contributed by atoms with Gasteiger partial charge in [-0.1, -0.05) is 0 Å². The van der Waals surface area contributed by atoms with Gasteiger partial charge in [0.05, 0.1) is 0 Å². The summed E-state index contributed by atoms with van der Waals surface area (Å²) in [6.07, 6.45) is 2.89. The van der Waals surface area contributed by atoms with Crippen molar-refractivity contribution in [1.29, 1.82) is 0 Å². The van der Waals surface area contributed by atoms with Crippen molar-refractivity contribution in [2.45, 2.75) is 25.8 Å². The highest BCUT2D eigenvalue weighted by Crippen LogP contribution is 2.27. The maximum atomic E-state index is 3.53. The molecule has 0 amide bonds. The Labute approximate surface area is 70.0 Å². The van der Waals surface area contributed by atoms with Crippen molar-refractivity contribution in [3.63, 3.8) is 0 Å². The Hall–Kier alpha value is -0.0800. The van der Waals surface area contributed by atoms with E-state index in [4.69, 9.17) is 0 Å². The van der Waals surface area contributed by atoms with Gasteiger partial charge in [-0.3, -0.25) is 0 Å². The number of hydrogen-bond donors (Lipinski definition) is 1. The molecule has 1 fully saturated rings. The molecule has 1 aliphatic carbocycles. The lowest BCUT2D eigenvalue weighted by Crippen LogP contribution is -2.36. The second kappa shape index (κ2) is 4.07. The van der Waals surface area contributed by atoms with Crippen LogP contribution in [0.15, 0.2) is 0 Å². The van der Waals surface area contributed by atoms with Crippen LogP contribution >= 0.6 is 0 Å². The van der Waals surface area contributed by atoms with Crippen molar-refractivity contribution in [1.82, 2.24) is 10.2 Å². The maximum Gasteiger partial charge on any atom is 0.0166 e. The van der Waals surface area contributed by atoms with Crippen LogP contribution in [0.2, 0.25) is 0 Å². The average molecular weight is 156 g/mol. The van der Waals surface area contributed by atoms with E-state index in [1.165, 1.54) is 19.4 Å². The van der Waals surface area contributed by atoms with E-state index in [0.29, 0.717) is 6.04 Å². The van der Waals surface area contributed by atoms with E-state index in [1.54, 1.807) is 0 Å². The fourth-order valence-corrected chi connectivity index (χ4v) is 1.30. The minimum atomic E-state index is 0.644. The van der Waals surface area contributed by atoms with Crippen LogP contribution in [0.5, 0.6) is 0 Å². The fourth-order valence-electron chi connectivity index (χ4n) is 1.30. The van der Waals surface area contributed by atoms with Gasteiger partial charge >= 0.3 is 0 Å². The highest BCUT2D eigenvalue weighted by Gasteiger charge is 2.21. The molecule has 0 radical (unpaired) electrons. The van der Waals surface area contributed by atoms with Crippen LogP contribution in [0.3, 0.4) is 0 Å². The van der Waals surface area contributed by atoms with Crippen molar-refractivity contribution in [2.24, 2.45) is 5.92 Å². The molecule has 0 aromatic heterocycles. The molecule has 1 N–H and O–H groups in total. The van der Waals surface area contributed by atoms with Crippen LogP contribution in [0.1, 0.15) is 19.8 Å². The van der Waals surface area contributed by atoms with Gasteiger partial charge in [0.2, 0.25) is 0 Å². The second-order valence-electron chi connectivity index (χ2n) is 4.01. The molecule has 0 aromatic carbocycles. The highest BCUT2D eigenvalue weighted by atomic mass is 15.1. The predicted octanol–water partition coefficient (Wildman–Crippen LogP) is 0.936. The molecule has 1 aliphatic rings. The number of hydrogen-bond acceptors (Lipinski definition) is 2. The van der Waals surface area contributed by atoms with Gasteiger partial charge in [-0.15, -0.1) is 0 Å². The molecule has 0 aromatic rings. The van der Waals surface area contributed by atoms with Crippen LogP contribution in [0.4, 0.5) is 0 Å². The van der Waals surface area contributed by atoms with Crippen molar-refractivity contribution >= 4 is 0 Å². The van der Waals surface area contributed by atoms with Crippen molar-refractivity contribution in [2.75, 3.05) is 27.2 Å². The number of rotatable bonds is 5. The van der Waals surface area contributed by atoms with E-state index in [0.717, 1.165) is 12.5 Å². The van der Waals surface area contributed by atoms with Gasteiger partial charge in [0.1, 0.15) is 0 Å². The van der Waals surface area contributed by atoms with Gasteiger partial charge in [-0.25, -0.2) is 0 Å². The summed E-state index contributed by atoms with van der Waals surface area (Å²) < 4.78 is 0. The summed E-state index contributed by atoms with van der Waals surface area (Å²) in [5.41, 5.74) is 0. The molecule has 66 valence electrons. The SMILES string of the molecule is CC(CN(C)C)NCC1CC1. The third-order valence-corrected chi connectivity index (χ3v) is 2.09. The number of nitrogens with zero attached hydrogens (tertiary/aromatic N) is 1. The minimum Gasteiger partial charge on any atom is -0.313 e. The van der Waals surface area contributed by atoms with Crippen molar-refractivity contribution in [3.8, 4) is 0 Å². The first-order chi connectivity index (χ1) is 5.18. The summed E-state index contributed by atoms with van der Waals surface area (Å²) in [6.45, 7) is 4.63. The summed E-state index contributed by atoms with van der Waals surface area (Å²) in [5.74, 6) is 1.000. The van der Waals surface area contributed by atoms with Gasteiger partial charge in [-0.2, -0.15) is 0 Å². The summed E-state index contributed by atoms with van der Waals surface area (Å²) >= 11 is 0. The van der Waals surface area contributed by atoms with Gasteiger partial charge in [-0.05, 0) is 46.3 Å². The lowest BCUT2D eigenvalue weighted by atomic mass is 10.3. The highest BCUT2D eigenvalue weighted by molar-refractivity contribution is 4.77. The Morgan fingerprint density at radius 2 is 2.09 bits per heavy atom. The molecular weight excluding hydrogens is 136 g/mol. The quantitative estimate of drug-likeness (QED) is 0.637. The van der Waals surface area contributed by atoms with Crippen LogP contribution in [-0.2, 0) is 0 Å². The summed E-state index contributed by atoms with van der Waals surface area (Å²) in [6, 6.07) is 0.644. The molecule has 11 heavy (non-hydrogen) atoms. The Balaban J connectivity index is 1.95. The van der Waals surface area contributed by atoms with Crippen LogP contribution in [0.25, 0.3) is 0 Å². The Morgan fingerprint density at radius 3 is 2.55 bits per heavy atom. The first-order valence-electron chi connectivity index (χ1n) is 4.56. The zero-order chi connectivity index (χ0) is 8.27. The fraction of sp³-hybridized carbons (Fsp3) is 1.00. The smallest absolute Gasteiger partial charge is 0.0166 e. The van der Waals surface area contributed by atoms with Gasteiger partial charge in [0.25, 0.3) is 0 Å². The number of likely N-dealkylation sites (N-methyl/N-ethyl adjacent to an activating group) is 1. The zero-order valence-electron chi connectivity index (χ0n) is 7.93. The van der Waals surface area contributed by atoms with E-state index in [2.05, 4.69) is 31.2 Å². The summed E-state index contributed by atoms with van der Waals surface area (Å²) in [5, 5.41) is 3.53. The van der Waals surface area contributed by atoms with Gasteiger partial charge in [0.15, 0.2) is 0 Å². The summed E-state index contributed by atoms with van der Waals surface area (Å²) in [4.78, 5) is 2.23. The molecule has 0 aliphatic heterocycles. The molecule has 1 unspecified atom stereocenters. The monoisotopic (exact) mass is 156 g/mol. The van der Waals surface area contributed by atoms with E-state index in [1.807, 2.05) is 0 Å². The molecule has 0 bridgehead atoms. The molecule has 1 rings (SSSR count). The van der Waals surface area contributed by atoms with Crippen LogP contribution < -0.4 is 5.32 Å². The summed E-state index contributed by atoms with van der Waals surface area (Å²) in [7, 11) is 4.24. The largest absolute Gasteiger partial charge is 0.313 e. The normalized spacial score (nSPS) is 20.7. The van der Waals surface area contributed by atoms with E-state index in [9.17, 15) is 0 Å². The van der Waals surface area contributed by atoms with Crippen molar-refractivity contribution in [3.05, 3.63) is 0 Å². The maximum absolute atomic E-state index is 3.53. The average Bonchev–Trinajstić information content (AvgIpc) is 2.63. The lowest BCUT2D eigenvalue weighted by molar-refractivity contribution is 0.347. The van der Waals surface area contributed by atoms with Crippen LogP contribution in [0, 0.1) is 5.92 Å². The molecule has 0 heterocycles. The Kier molecular flexibility index (Phi) is 3.34. The second-order valence-corrected chi connectivity index (χ2v) is 4.01. The Morgan fingerprint density at radius 1 is 1.45 bits per heavy atom. The first kappa shape index (κ1) is 9.01. The predicted molar refractivity (Wildman–Crippen MR) is 48.7 cm³/mol. The van der Waals surface area contributed by atoms with E-state index in [-0.39, 0.29) is 0 Å². The van der Waals surface area contributed by atoms with E-state index >= 15 is 0 Å². The standard InChI is InChI=1S/C9H20N2/c1-8(7-11(2)3)10-6-9-4-5-9/h8-10H,4-7H2,1-3H3. The van der Waals surface area contributed by atoms with Crippen LogP contribution in [-0.4, -0.2) is 38.1 Å². The minimum absolute atomic E-state index is 0.644. The molecule has 0 spiro atoms. The molecule has 0 saturated heterocycles. The molecule has 1 atom stereocenters. The van der Waals surface area contributed by atoms with Gasteiger partial charge < -0.3 is 10.2 Å². The topological polar surface area (TPSA) is 15.3 Å². The van der Waals surface area contributed by atoms with E-state index < -0.39 is 0 Å². The molecule has 2 heteroatoms. The molecular formula is C9H20N2. The first-order valence-corrected chi connectivity index (χ1v) is 4.56. The third kappa shape index (κ3) is 4.38. The Bertz CT molecular complexity index is 108. The number of nitrogens with one attached hydrogen (secondary N) is 1. The zero-order valence-corrected chi connectivity index (χ0v) is 7.93.